The van der Waals surface area contributed by atoms with Crippen LogP contribution in [0.15, 0.2) is 78.9 Å². The molecule has 0 radical (unpaired) electrons. The summed E-state index contributed by atoms with van der Waals surface area (Å²) in [6.45, 7) is 0.737. The lowest BCUT2D eigenvalue weighted by Gasteiger charge is -2.40. The zero-order valence-electron chi connectivity index (χ0n) is 13.5. The zero-order valence-corrected chi connectivity index (χ0v) is 13.5. The molecule has 1 atom stereocenters. The van der Waals surface area contributed by atoms with Crippen LogP contribution in [0.5, 0.6) is 0 Å². The smallest absolute Gasteiger partial charge is 0.269 e. The molecule has 3 aromatic rings. The number of nitro groups is 1. The van der Waals surface area contributed by atoms with Crippen LogP contribution in [0.1, 0.15) is 17.3 Å². The van der Waals surface area contributed by atoms with Crippen LogP contribution in [0.3, 0.4) is 0 Å². The minimum Gasteiger partial charge on any atom is -0.361 e. The monoisotopic (exact) mass is 331 g/mol. The summed E-state index contributed by atoms with van der Waals surface area (Å²) in [5, 5.41) is 14.7. The number of nitrogens with zero attached hydrogens (tertiary/aromatic N) is 2. The van der Waals surface area contributed by atoms with E-state index in [2.05, 4.69) is 28.4 Å². The molecule has 0 aromatic heterocycles. The van der Waals surface area contributed by atoms with Crippen molar-refractivity contribution in [3.63, 3.8) is 0 Å². The molecule has 4 rings (SSSR count). The Morgan fingerprint density at radius 2 is 1.72 bits per heavy atom. The van der Waals surface area contributed by atoms with Gasteiger partial charge in [0.05, 0.1) is 4.92 Å². The molecule has 0 saturated carbocycles. The van der Waals surface area contributed by atoms with Crippen molar-refractivity contribution < 1.29 is 4.92 Å². The van der Waals surface area contributed by atoms with E-state index in [1.54, 1.807) is 12.1 Å². The van der Waals surface area contributed by atoms with Gasteiger partial charge in [-0.2, -0.15) is 0 Å². The number of nitrogens with one attached hydrogen (secondary N) is 1. The first kappa shape index (κ1) is 15.2. The van der Waals surface area contributed by atoms with Crippen LogP contribution >= 0.6 is 0 Å². The highest BCUT2D eigenvalue weighted by Crippen LogP contribution is 2.37. The van der Waals surface area contributed by atoms with E-state index in [4.69, 9.17) is 0 Å². The third-order valence-corrected chi connectivity index (χ3v) is 4.45. The first-order valence-corrected chi connectivity index (χ1v) is 8.13. The van der Waals surface area contributed by atoms with Crippen LogP contribution < -0.4 is 10.2 Å². The molecular weight excluding hydrogens is 314 g/mol. The third kappa shape index (κ3) is 2.92. The summed E-state index contributed by atoms with van der Waals surface area (Å²) in [5.74, 6) is 0. The van der Waals surface area contributed by atoms with E-state index in [0.29, 0.717) is 0 Å². The van der Waals surface area contributed by atoms with Crippen LogP contribution in [-0.2, 0) is 6.54 Å². The SMILES string of the molecule is O=[N+]([O-])c1cccc(C2Nc3ccccc3CN2c2ccccc2)c1. The number of para-hydroxylation sites is 2. The molecule has 1 heterocycles. The van der Waals surface area contributed by atoms with Crippen molar-refractivity contribution in [1.82, 2.24) is 0 Å². The maximum absolute atomic E-state index is 11.2. The normalized spacial score (nSPS) is 16.0. The van der Waals surface area contributed by atoms with Gasteiger partial charge in [-0.3, -0.25) is 10.1 Å². The van der Waals surface area contributed by atoms with Crippen LogP contribution in [0.4, 0.5) is 17.1 Å². The lowest BCUT2D eigenvalue weighted by Crippen LogP contribution is -2.37. The quantitative estimate of drug-likeness (QED) is 0.557. The second-order valence-electron chi connectivity index (χ2n) is 6.02. The van der Waals surface area contributed by atoms with Gasteiger partial charge in [-0.1, -0.05) is 48.5 Å². The van der Waals surface area contributed by atoms with Crippen molar-refractivity contribution in [3.8, 4) is 0 Å². The van der Waals surface area contributed by atoms with Crippen LogP contribution in [0.25, 0.3) is 0 Å². The molecule has 124 valence electrons. The van der Waals surface area contributed by atoms with E-state index in [-0.39, 0.29) is 16.8 Å². The molecule has 0 bridgehead atoms. The van der Waals surface area contributed by atoms with Gasteiger partial charge in [0.25, 0.3) is 5.69 Å². The number of rotatable bonds is 3. The topological polar surface area (TPSA) is 58.4 Å². The average molecular weight is 331 g/mol. The molecular formula is C20H17N3O2. The van der Waals surface area contributed by atoms with Crippen LogP contribution in [0, 0.1) is 10.1 Å². The highest BCUT2D eigenvalue weighted by molar-refractivity contribution is 5.62. The second-order valence-corrected chi connectivity index (χ2v) is 6.02. The van der Waals surface area contributed by atoms with Gasteiger partial charge in [-0.05, 0) is 23.8 Å². The zero-order chi connectivity index (χ0) is 17.2. The Balaban J connectivity index is 1.80. The molecule has 1 unspecified atom stereocenters. The summed E-state index contributed by atoms with van der Waals surface area (Å²) >= 11 is 0. The molecule has 0 amide bonds. The summed E-state index contributed by atoms with van der Waals surface area (Å²) in [5.41, 5.74) is 4.30. The van der Waals surface area contributed by atoms with Gasteiger partial charge in [0.1, 0.15) is 6.17 Å². The number of anilines is 2. The van der Waals surface area contributed by atoms with E-state index in [1.165, 1.54) is 11.6 Å². The Morgan fingerprint density at radius 3 is 2.52 bits per heavy atom. The van der Waals surface area contributed by atoms with Crippen molar-refractivity contribution >= 4 is 17.1 Å². The molecule has 3 aromatic carbocycles. The van der Waals surface area contributed by atoms with Crippen LogP contribution in [-0.4, -0.2) is 4.92 Å². The van der Waals surface area contributed by atoms with E-state index in [9.17, 15) is 10.1 Å². The molecule has 1 aliphatic rings. The predicted octanol–water partition coefficient (Wildman–Crippen LogP) is 4.73. The van der Waals surface area contributed by atoms with Gasteiger partial charge in [0.15, 0.2) is 0 Å². The van der Waals surface area contributed by atoms with Crippen molar-refractivity contribution in [3.05, 3.63) is 100 Å². The molecule has 5 nitrogen and oxygen atoms in total. The number of benzene rings is 3. The summed E-state index contributed by atoms with van der Waals surface area (Å²) in [6, 6.07) is 25.1. The molecule has 0 aliphatic carbocycles. The molecule has 0 saturated heterocycles. The summed E-state index contributed by atoms with van der Waals surface area (Å²) in [6.07, 6.45) is -0.169. The lowest BCUT2D eigenvalue weighted by molar-refractivity contribution is -0.384. The first-order valence-electron chi connectivity index (χ1n) is 8.13. The highest BCUT2D eigenvalue weighted by atomic mass is 16.6. The van der Waals surface area contributed by atoms with Gasteiger partial charge < -0.3 is 10.2 Å². The van der Waals surface area contributed by atoms with Crippen molar-refractivity contribution in [2.24, 2.45) is 0 Å². The number of hydrogen-bond acceptors (Lipinski definition) is 4. The van der Waals surface area contributed by atoms with Gasteiger partial charge in [0.2, 0.25) is 0 Å². The van der Waals surface area contributed by atoms with E-state index < -0.39 is 0 Å². The maximum atomic E-state index is 11.2. The van der Waals surface area contributed by atoms with Gasteiger partial charge in [0, 0.05) is 35.6 Å². The largest absolute Gasteiger partial charge is 0.361 e. The minimum atomic E-state index is -0.354. The fraction of sp³-hybridized carbons (Fsp3) is 0.100. The molecule has 25 heavy (non-hydrogen) atoms. The standard InChI is InChI=1S/C20H17N3O2/c24-23(25)18-11-6-8-15(13-18)20-21-19-12-5-4-7-16(19)14-22(20)17-9-2-1-3-10-17/h1-13,20-21H,14H2. The molecule has 1 N–H and O–H groups in total. The number of nitro benzene ring substituents is 1. The summed E-state index contributed by atoms with van der Waals surface area (Å²) in [4.78, 5) is 13.0. The lowest BCUT2D eigenvalue weighted by atomic mass is 10.0. The summed E-state index contributed by atoms with van der Waals surface area (Å²) < 4.78 is 0. The molecule has 5 heteroatoms. The number of hydrogen-bond donors (Lipinski definition) is 1. The Morgan fingerprint density at radius 1 is 0.960 bits per heavy atom. The van der Waals surface area contributed by atoms with Crippen molar-refractivity contribution in [2.45, 2.75) is 12.7 Å². The maximum Gasteiger partial charge on any atom is 0.269 e. The van der Waals surface area contributed by atoms with Gasteiger partial charge in [-0.15, -0.1) is 0 Å². The van der Waals surface area contributed by atoms with Crippen molar-refractivity contribution in [1.29, 1.82) is 0 Å². The minimum absolute atomic E-state index is 0.103. The Hall–Kier alpha value is -3.34. The van der Waals surface area contributed by atoms with Gasteiger partial charge in [-0.25, -0.2) is 0 Å². The van der Waals surface area contributed by atoms with E-state index in [1.807, 2.05) is 42.5 Å². The number of fused-ring (bicyclic) bond motifs is 1. The Bertz CT molecular complexity index is 912. The second kappa shape index (κ2) is 6.28. The fourth-order valence-electron chi connectivity index (χ4n) is 3.23. The molecule has 1 aliphatic heterocycles. The third-order valence-electron chi connectivity index (χ3n) is 4.45. The first-order chi connectivity index (χ1) is 12.2. The summed E-state index contributed by atoms with van der Waals surface area (Å²) in [7, 11) is 0. The van der Waals surface area contributed by atoms with Gasteiger partial charge >= 0.3 is 0 Å². The molecule has 0 spiro atoms. The van der Waals surface area contributed by atoms with E-state index >= 15 is 0 Å². The average Bonchev–Trinajstić information content (AvgIpc) is 2.67. The van der Waals surface area contributed by atoms with Crippen LogP contribution in [0.2, 0.25) is 0 Å². The van der Waals surface area contributed by atoms with E-state index in [0.717, 1.165) is 23.5 Å². The Labute approximate surface area is 145 Å². The predicted molar refractivity (Wildman–Crippen MR) is 98.5 cm³/mol. The molecule has 0 fully saturated rings. The Kier molecular flexibility index (Phi) is 3.82. The highest BCUT2D eigenvalue weighted by Gasteiger charge is 2.27. The fourth-order valence-corrected chi connectivity index (χ4v) is 3.23. The number of non-ortho nitro benzene ring substituents is 1. The van der Waals surface area contributed by atoms with Crippen molar-refractivity contribution in [2.75, 3.05) is 10.2 Å².